The lowest BCUT2D eigenvalue weighted by Gasteiger charge is -2.18. The summed E-state index contributed by atoms with van der Waals surface area (Å²) in [5.74, 6) is 0.786. The van der Waals surface area contributed by atoms with E-state index in [9.17, 15) is 4.79 Å². The average molecular weight is 184 g/mol. The number of hydrogen-bond donors (Lipinski definition) is 2. The predicted molar refractivity (Wildman–Crippen MR) is 53.2 cm³/mol. The van der Waals surface area contributed by atoms with Gasteiger partial charge in [0, 0.05) is 12.0 Å². The van der Waals surface area contributed by atoms with E-state index in [-0.39, 0.29) is 17.9 Å². The molecule has 0 radical (unpaired) electrons. The SMILES string of the molecule is CC(C)NC(=O)C1CCCC1CN. The molecule has 0 aromatic heterocycles. The van der Waals surface area contributed by atoms with Crippen LogP contribution in [0, 0.1) is 11.8 Å². The van der Waals surface area contributed by atoms with Crippen molar-refractivity contribution in [3.8, 4) is 0 Å². The molecule has 13 heavy (non-hydrogen) atoms. The summed E-state index contributed by atoms with van der Waals surface area (Å²) in [6, 6.07) is 0.242. The van der Waals surface area contributed by atoms with Gasteiger partial charge in [0.05, 0.1) is 0 Å². The van der Waals surface area contributed by atoms with Crippen LogP contribution in [0.5, 0.6) is 0 Å². The van der Waals surface area contributed by atoms with E-state index in [2.05, 4.69) is 5.32 Å². The van der Waals surface area contributed by atoms with Gasteiger partial charge in [-0.15, -0.1) is 0 Å². The van der Waals surface area contributed by atoms with Crippen molar-refractivity contribution in [2.75, 3.05) is 6.54 Å². The van der Waals surface area contributed by atoms with Gasteiger partial charge in [0.15, 0.2) is 0 Å². The maximum absolute atomic E-state index is 11.7. The fraction of sp³-hybridized carbons (Fsp3) is 0.900. The molecule has 2 atom stereocenters. The Morgan fingerprint density at radius 2 is 2.23 bits per heavy atom. The second-order valence-electron chi connectivity index (χ2n) is 4.20. The van der Waals surface area contributed by atoms with E-state index in [1.807, 2.05) is 13.8 Å². The van der Waals surface area contributed by atoms with Crippen LogP contribution in [-0.2, 0) is 4.79 Å². The van der Waals surface area contributed by atoms with Crippen LogP contribution in [-0.4, -0.2) is 18.5 Å². The topological polar surface area (TPSA) is 55.1 Å². The minimum Gasteiger partial charge on any atom is -0.354 e. The summed E-state index contributed by atoms with van der Waals surface area (Å²) < 4.78 is 0. The number of nitrogens with two attached hydrogens (primary N) is 1. The van der Waals surface area contributed by atoms with E-state index < -0.39 is 0 Å². The lowest BCUT2D eigenvalue weighted by Crippen LogP contribution is -2.38. The van der Waals surface area contributed by atoms with Gasteiger partial charge in [0.2, 0.25) is 5.91 Å². The molecule has 0 heterocycles. The van der Waals surface area contributed by atoms with Crippen LogP contribution in [0.2, 0.25) is 0 Å². The zero-order chi connectivity index (χ0) is 9.84. The number of carbonyl (C=O) groups excluding carboxylic acids is 1. The fourth-order valence-corrected chi connectivity index (χ4v) is 2.06. The molecule has 1 amide bonds. The number of hydrogen-bond acceptors (Lipinski definition) is 2. The molecule has 0 saturated heterocycles. The lowest BCUT2D eigenvalue weighted by molar-refractivity contribution is -0.126. The van der Waals surface area contributed by atoms with Crippen LogP contribution in [0.25, 0.3) is 0 Å². The van der Waals surface area contributed by atoms with E-state index in [4.69, 9.17) is 5.73 Å². The Morgan fingerprint density at radius 3 is 2.77 bits per heavy atom. The van der Waals surface area contributed by atoms with E-state index in [0.29, 0.717) is 12.5 Å². The van der Waals surface area contributed by atoms with Crippen molar-refractivity contribution < 1.29 is 4.79 Å². The Labute approximate surface area is 80.1 Å². The standard InChI is InChI=1S/C10H20N2O/c1-7(2)12-10(13)9-5-3-4-8(9)6-11/h7-9H,3-6,11H2,1-2H3,(H,12,13). The number of carbonyl (C=O) groups is 1. The van der Waals surface area contributed by atoms with Gasteiger partial charge in [-0.3, -0.25) is 4.79 Å². The van der Waals surface area contributed by atoms with Crippen LogP contribution in [0.3, 0.4) is 0 Å². The molecule has 0 aromatic rings. The van der Waals surface area contributed by atoms with E-state index in [0.717, 1.165) is 19.3 Å². The molecule has 1 aliphatic rings. The van der Waals surface area contributed by atoms with Crippen molar-refractivity contribution in [2.45, 2.75) is 39.2 Å². The van der Waals surface area contributed by atoms with Gasteiger partial charge in [-0.25, -0.2) is 0 Å². The highest BCUT2D eigenvalue weighted by Crippen LogP contribution is 2.30. The molecule has 1 aliphatic carbocycles. The molecule has 0 bridgehead atoms. The molecule has 3 nitrogen and oxygen atoms in total. The smallest absolute Gasteiger partial charge is 0.223 e. The van der Waals surface area contributed by atoms with E-state index in [1.54, 1.807) is 0 Å². The molecule has 0 aliphatic heterocycles. The van der Waals surface area contributed by atoms with Gasteiger partial charge in [-0.1, -0.05) is 6.42 Å². The van der Waals surface area contributed by atoms with Gasteiger partial charge in [-0.2, -0.15) is 0 Å². The first-order chi connectivity index (χ1) is 6.15. The Kier molecular flexibility index (Phi) is 3.72. The molecule has 1 rings (SSSR count). The molecule has 76 valence electrons. The second kappa shape index (κ2) is 4.61. The minimum absolute atomic E-state index is 0.174. The molecule has 2 unspecified atom stereocenters. The number of nitrogens with one attached hydrogen (secondary N) is 1. The second-order valence-corrected chi connectivity index (χ2v) is 4.20. The average Bonchev–Trinajstić information content (AvgIpc) is 2.49. The van der Waals surface area contributed by atoms with Crippen molar-refractivity contribution in [3.63, 3.8) is 0 Å². The Balaban J connectivity index is 2.45. The molecule has 3 N–H and O–H groups in total. The van der Waals surface area contributed by atoms with Crippen molar-refractivity contribution >= 4 is 5.91 Å². The maximum Gasteiger partial charge on any atom is 0.223 e. The van der Waals surface area contributed by atoms with Gasteiger partial charge in [0.25, 0.3) is 0 Å². The first-order valence-electron chi connectivity index (χ1n) is 5.15. The van der Waals surface area contributed by atoms with Gasteiger partial charge >= 0.3 is 0 Å². The third-order valence-corrected chi connectivity index (χ3v) is 2.73. The Bertz CT molecular complexity index is 180. The van der Waals surface area contributed by atoms with Gasteiger partial charge in [0.1, 0.15) is 0 Å². The molecule has 3 heteroatoms. The van der Waals surface area contributed by atoms with Crippen molar-refractivity contribution in [1.29, 1.82) is 0 Å². The summed E-state index contributed by atoms with van der Waals surface area (Å²) in [6.45, 7) is 4.63. The minimum atomic E-state index is 0.174. The van der Waals surface area contributed by atoms with Crippen LogP contribution in [0.15, 0.2) is 0 Å². The molecule has 0 spiro atoms. The third kappa shape index (κ3) is 2.69. The summed E-state index contributed by atoms with van der Waals surface area (Å²) in [6.07, 6.45) is 3.28. The summed E-state index contributed by atoms with van der Waals surface area (Å²) in [7, 11) is 0. The zero-order valence-corrected chi connectivity index (χ0v) is 8.55. The van der Waals surface area contributed by atoms with Crippen LogP contribution < -0.4 is 11.1 Å². The first kappa shape index (κ1) is 10.5. The molecule has 0 aromatic carbocycles. The Morgan fingerprint density at radius 1 is 1.54 bits per heavy atom. The highest BCUT2D eigenvalue weighted by atomic mass is 16.1. The zero-order valence-electron chi connectivity index (χ0n) is 8.55. The fourth-order valence-electron chi connectivity index (χ4n) is 2.06. The summed E-state index contributed by atoms with van der Waals surface area (Å²) in [5.41, 5.74) is 5.61. The first-order valence-corrected chi connectivity index (χ1v) is 5.15. The number of amides is 1. The van der Waals surface area contributed by atoms with E-state index in [1.165, 1.54) is 0 Å². The molecular formula is C10H20N2O. The number of rotatable bonds is 3. The maximum atomic E-state index is 11.7. The summed E-state index contributed by atoms with van der Waals surface area (Å²) in [4.78, 5) is 11.7. The van der Waals surface area contributed by atoms with Crippen molar-refractivity contribution in [1.82, 2.24) is 5.32 Å². The summed E-state index contributed by atoms with van der Waals surface area (Å²) in [5, 5.41) is 2.95. The largest absolute Gasteiger partial charge is 0.354 e. The molecule has 1 saturated carbocycles. The Hall–Kier alpha value is -0.570. The quantitative estimate of drug-likeness (QED) is 0.684. The van der Waals surface area contributed by atoms with Crippen LogP contribution >= 0.6 is 0 Å². The predicted octanol–water partition coefficient (Wildman–Crippen LogP) is 0.886. The van der Waals surface area contributed by atoms with Gasteiger partial charge in [-0.05, 0) is 39.2 Å². The molecular weight excluding hydrogens is 164 g/mol. The molecule has 1 fully saturated rings. The third-order valence-electron chi connectivity index (χ3n) is 2.73. The summed E-state index contributed by atoms with van der Waals surface area (Å²) >= 11 is 0. The van der Waals surface area contributed by atoms with Crippen molar-refractivity contribution in [3.05, 3.63) is 0 Å². The highest BCUT2D eigenvalue weighted by molar-refractivity contribution is 5.79. The highest BCUT2D eigenvalue weighted by Gasteiger charge is 2.31. The van der Waals surface area contributed by atoms with Crippen molar-refractivity contribution in [2.24, 2.45) is 17.6 Å². The monoisotopic (exact) mass is 184 g/mol. The van der Waals surface area contributed by atoms with Crippen LogP contribution in [0.1, 0.15) is 33.1 Å². The van der Waals surface area contributed by atoms with Gasteiger partial charge < -0.3 is 11.1 Å². The normalized spacial score (nSPS) is 28.0. The lowest BCUT2D eigenvalue weighted by atomic mass is 9.95. The van der Waals surface area contributed by atoms with Crippen LogP contribution in [0.4, 0.5) is 0 Å². The van der Waals surface area contributed by atoms with E-state index >= 15 is 0 Å².